The van der Waals surface area contributed by atoms with E-state index in [4.69, 9.17) is 4.98 Å². The molecule has 88 valence electrons. The molecular formula is C15H17NS. The first-order chi connectivity index (χ1) is 8.25. The summed E-state index contributed by atoms with van der Waals surface area (Å²) in [5.74, 6) is 0.984. The second-order valence-corrected chi connectivity index (χ2v) is 5.80. The Balaban J connectivity index is 2.17. The van der Waals surface area contributed by atoms with E-state index in [0.717, 1.165) is 17.1 Å². The smallest absolute Gasteiger partial charge is 0.0705 e. The average molecular weight is 243 g/mol. The maximum atomic E-state index is 4.69. The second kappa shape index (κ2) is 5.87. The normalized spacial score (nSPS) is 10.8. The molecule has 1 nitrogen and oxygen atoms in total. The van der Waals surface area contributed by atoms with Gasteiger partial charge in [0.1, 0.15) is 0 Å². The summed E-state index contributed by atoms with van der Waals surface area (Å²) in [5, 5.41) is 0.650. The molecule has 0 saturated carbocycles. The van der Waals surface area contributed by atoms with Crippen molar-refractivity contribution in [2.24, 2.45) is 0 Å². The zero-order valence-electron chi connectivity index (χ0n) is 10.3. The maximum Gasteiger partial charge on any atom is 0.0705 e. The summed E-state index contributed by atoms with van der Waals surface area (Å²) in [6.45, 7) is 4.43. The van der Waals surface area contributed by atoms with Crippen LogP contribution in [-0.2, 0) is 5.75 Å². The molecule has 0 unspecified atom stereocenters. The van der Waals surface area contributed by atoms with Gasteiger partial charge < -0.3 is 0 Å². The van der Waals surface area contributed by atoms with Crippen molar-refractivity contribution in [3.05, 3.63) is 54.2 Å². The predicted molar refractivity (Wildman–Crippen MR) is 76.1 cm³/mol. The number of rotatable bonds is 4. The minimum Gasteiger partial charge on any atom is -0.252 e. The van der Waals surface area contributed by atoms with Crippen LogP contribution in [0.3, 0.4) is 0 Å². The number of hydrogen-bond donors (Lipinski definition) is 0. The fourth-order valence-electron chi connectivity index (χ4n) is 1.58. The Morgan fingerprint density at radius 1 is 1.00 bits per heavy atom. The van der Waals surface area contributed by atoms with Crippen molar-refractivity contribution in [2.75, 3.05) is 0 Å². The van der Waals surface area contributed by atoms with Crippen LogP contribution in [0.25, 0.3) is 11.3 Å². The Labute approximate surface area is 107 Å². The highest BCUT2D eigenvalue weighted by Gasteiger charge is 2.01. The van der Waals surface area contributed by atoms with Crippen LogP contribution in [0, 0.1) is 0 Å². The van der Waals surface area contributed by atoms with Gasteiger partial charge in [-0.1, -0.05) is 50.2 Å². The molecule has 1 heterocycles. The monoisotopic (exact) mass is 243 g/mol. The Morgan fingerprint density at radius 2 is 1.76 bits per heavy atom. The van der Waals surface area contributed by atoms with E-state index >= 15 is 0 Å². The van der Waals surface area contributed by atoms with Gasteiger partial charge in [0.05, 0.1) is 11.4 Å². The first-order valence-corrected chi connectivity index (χ1v) is 6.93. The lowest BCUT2D eigenvalue weighted by atomic mass is 10.1. The van der Waals surface area contributed by atoms with E-state index in [2.05, 4.69) is 44.2 Å². The molecule has 0 N–H and O–H groups in total. The fraction of sp³-hybridized carbons (Fsp3) is 0.267. The molecule has 1 aromatic carbocycles. The predicted octanol–water partition coefficient (Wildman–Crippen LogP) is 4.39. The van der Waals surface area contributed by atoms with Crippen LogP contribution in [0.1, 0.15) is 19.5 Å². The van der Waals surface area contributed by atoms with E-state index in [1.807, 2.05) is 30.0 Å². The van der Waals surface area contributed by atoms with E-state index in [0.29, 0.717) is 5.25 Å². The first kappa shape index (κ1) is 12.2. The fourth-order valence-corrected chi connectivity index (χ4v) is 2.25. The van der Waals surface area contributed by atoms with Crippen LogP contribution in [0.5, 0.6) is 0 Å². The van der Waals surface area contributed by atoms with Crippen molar-refractivity contribution in [3.8, 4) is 11.3 Å². The lowest BCUT2D eigenvalue weighted by Gasteiger charge is -2.06. The minimum atomic E-state index is 0.650. The van der Waals surface area contributed by atoms with Crippen LogP contribution >= 0.6 is 11.8 Å². The lowest BCUT2D eigenvalue weighted by molar-refractivity contribution is 1.09. The summed E-state index contributed by atoms with van der Waals surface area (Å²) in [4.78, 5) is 4.69. The SMILES string of the molecule is CC(C)SCc1cccc(-c2ccccc2)n1. The van der Waals surface area contributed by atoms with Gasteiger partial charge >= 0.3 is 0 Å². The minimum absolute atomic E-state index is 0.650. The number of benzene rings is 1. The van der Waals surface area contributed by atoms with E-state index < -0.39 is 0 Å². The lowest BCUT2D eigenvalue weighted by Crippen LogP contribution is -1.93. The largest absolute Gasteiger partial charge is 0.252 e. The third-order valence-electron chi connectivity index (χ3n) is 2.44. The van der Waals surface area contributed by atoms with Gasteiger partial charge in [-0.25, -0.2) is 0 Å². The summed E-state index contributed by atoms with van der Waals surface area (Å²) in [6.07, 6.45) is 0. The molecule has 0 amide bonds. The summed E-state index contributed by atoms with van der Waals surface area (Å²) in [5.41, 5.74) is 3.40. The van der Waals surface area contributed by atoms with Crippen LogP contribution < -0.4 is 0 Å². The number of hydrogen-bond acceptors (Lipinski definition) is 2. The summed E-state index contributed by atoms with van der Waals surface area (Å²) >= 11 is 1.93. The Hall–Kier alpha value is -1.28. The molecule has 2 rings (SSSR count). The summed E-state index contributed by atoms with van der Waals surface area (Å²) < 4.78 is 0. The number of pyridine rings is 1. The quantitative estimate of drug-likeness (QED) is 0.790. The van der Waals surface area contributed by atoms with Gasteiger partial charge in [-0.3, -0.25) is 4.98 Å². The number of aromatic nitrogens is 1. The Bertz CT molecular complexity index is 465. The summed E-state index contributed by atoms with van der Waals surface area (Å²) in [6, 6.07) is 16.6. The molecule has 0 fully saturated rings. The molecular weight excluding hydrogens is 226 g/mol. The van der Waals surface area contributed by atoms with E-state index in [-0.39, 0.29) is 0 Å². The zero-order chi connectivity index (χ0) is 12.1. The van der Waals surface area contributed by atoms with Crippen LogP contribution in [-0.4, -0.2) is 10.2 Å². The molecule has 0 spiro atoms. The first-order valence-electron chi connectivity index (χ1n) is 5.88. The zero-order valence-corrected chi connectivity index (χ0v) is 11.1. The third kappa shape index (κ3) is 3.60. The van der Waals surface area contributed by atoms with Crippen LogP contribution in [0.15, 0.2) is 48.5 Å². The molecule has 1 aromatic heterocycles. The Morgan fingerprint density at radius 3 is 2.47 bits per heavy atom. The van der Waals surface area contributed by atoms with Gasteiger partial charge in [-0.05, 0) is 17.4 Å². The van der Waals surface area contributed by atoms with Crippen molar-refractivity contribution in [1.29, 1.82) is 0 Å². The highest BCUT2D eigenvalue weighted by Crippen LogP contribution is 2.20. The van der Waals surface area contributed by atoms with Gasteiger partial charge in [-0.15, -0.1) is 0 Å². The third-order valence-corrected chi connectivity index (χ3v) is 3.57. The molecule has 2 heteroatoms. The number of nitrogens with zero attached hydrogens (tertiary/aromatic N) is 1. The van der Waals surface area contributed by atoms with Crippen LogP contribution in [0.2, 0.25) is 0 Å². The molecule has 17 heavy (non-hydrogen) atoms. The molecule has 0 aliphatic rings. The van der Waals surface area contributed by atoms with Crippen molar-refractivity contribution in [2.45, 2.75) is 24.9 Å². The van der Waals surface area contributed by atoms with E-state index in [1.165, 1.54) is 5.56 Å². The van der Waals surface area contributed by atoms with Gasteiger partial charge in [0, 0.05) is 11.3 Å². The summed E-state index contributed by atoms with van der Waals surface area (Å²) in [7, 11) is 0. The molecule has 0 atom stereocenters. The molecule has 2 aromatic rings. The highest BCUT2D eigenvalue weighted by atomic mass is 32.2. The van der Waals surface area contributed by atoms with Crippen molar-refractivity contribution in [3.63, 3.8) is 0 Å². The van der Waals surface area contributed by atoms with Gasteiger partial charge in [-0.2, -0.15) is 11.8 Å². The van der Waals surface area contributed by atoms with Gasteiger partial charge in [0.15, 0.2) is 0 Å². The van der Waals surface area contributed by atoms with E-state index in [9.17, 15) is 0 Å². The van der Waals surface area contributed by atoms with Crippen LogP contribution in [0.4, 0.5) is 0 Å². The van der Waals surface area contributed by atoms with Gasteiger partial charge in [0.25, 0.3) is 0 Å². The second-order valence-electron chi connectivity index (χ2n) is 4.24. The van der Waals surface area contributed by atoms with Crippen molar-refractivity contribution in [1.82, 2.24) is 4.98 Å². The van der Waals surface area contributed by atoms with E-state index in [1.54, 1.807) is 0 Å². The van der Waals surface area contributed by atoms with Crippen molar-refractivity contribution >= 4 is 11.8 Å². The van der Waals surface area contributed by atoms with Gasteiger partial charge in [0.2, 0.25) is 0 Å². The average Bonchev–Trinajstić information content (AvgIpc) is 2.38. The molecule has 0 bridgehead atoms. The standard InChI is InChI=1S/C15H17NS/c1-12(2)17-11-14-9-6-10-15(16-14)13-7-4-3-5-8-13/h3-10,12H,11H2,1-2H3. The number of thioether (sulfide) groups is 1. The maximum absolute atomic E-state index is 4.69. The highest BCUT2D eigenvalue weighted by molar-refractivity contribution is 7.99. The molecule has 0 saturated heterocycles. The topological polar surface area (TPSA) is 12.9 Å². The molecule has 0 radical (unpaired) electrons. The van der Waals surface area contributed by atoms with Crippen molar-refractivity contribution < 1.29 is 0 Å². The molecule has 0 aliphatic heterocycles. The molecule has 0 aliphatic carbocycles. The Kier molecular flexibility index (Phi) is 4.21.